The Morgan fingerprint density at radius 2 is 2.13 bits per heavy atom. The lowest BCUT2D eigenvalue weighted by molar-refractivity contribution is 0.129. The lowest BCUT2D eigenvalue weighted by atomic mass is 9.87. The van der Waals surface area contributed by atoms with Gasteiger partial charge in [0.2, 0.25) is 0 Å². The third-order valence-corrected chi connectivity index (χ3v) is 5.38. The highest BCUT2D eigenvalue weighted by Gasteiger charge is 2.23. The molecule has 2 atom stereocenters. The maximum absolute atomic E-state index is 12.0. The number of rotatable bonds is 6. The second-order valence-electron chi connectivity index (χ2n) is 7.09. The van der Waals surface area contributed by atoms with E-state index in [1.165, 1.54) is 11.1 Å². The summed E-state index contributed by atoms with van der Waals surface area (Å²) in [6.07, 6.45) is 1.42. The molecule has 2 amide bonds. The maximum Gasteiger partial charge on any atom is 0.314 e. The lowest BCUT2D eigenvalue weighted by Crippen LogP contribution is -2.42. The van der Waals surface area contributed by atoms with Crippen molar-refractivity contribution in [1.29, 1.82) is 0 Å². The molecule has 128 valence electrons. The molecule has 4 nitrogen and oxygen atoms in total. The summed E-state index contributed by atoms with van der Waals surface area (Å²) in [4.78, 5) is 12.0. The van der Waals surface area contributed by atoms with E-state index in [0.29, 0.717) is 24.8 Å². The summed E-state index contributed by atoms with van der Waals surface area (Å²) in [7, 11) is 0. The topological polar surface area (TPSA) is 61.4 Å². The Morgan fingerprint density at radius 1 is 1.39 bits per heavy atom. The molecule has 0 saturated carbocycles. The molecule has 23 heavy (non-hydrogen) atoms. The van der Waals surface area contributed by atoms with Gasteiger partial charge in [0.25, 0.3) is 0 Å². The number of benzene rings is 1. The molecule has 3 N–H and O–H groups in total. The molecule has 0 bridgehead atoms. The summed E-state index contributed by atoms with van der Waals surface area (Å²) in [5, 5.41) is 15.7. The van der Waals surface area contributed by atoms with Crippen molar-refractivity contribution >= 4 is 17.8 Å². The van der Waals surface area contributed by atoms with Crippen LogP contribution in [0.2, 0.25) is 0 Å². The van der Waals surface area contributed by atoms with Gasteiger partial charge in [-0.1, -0.05) is 38.1 Å². The summed E-state index contributed by atoms with van der Waals surface area (Å²) in [6.45, 7) is 7.07. The number of hydrogen-bond acceptors (Lipinski definition) is 3. The van der Waals surface area contributed by atoms with E-state index in [4.69, 9.17) is 0 Å². The Balaban J connectivity index is 1.79. The molecule has 0 radical (unpaired) electrons. The predicted molar refractivity (Wildman–Crippen MR) is 96.8 cm³/mol. The van der Waals surface area contributed by atoms with Gasteiger partial charge < -0.3 is 15.7 Å². The van der Waals surface area contributed by atoms with Crippen molar-refractivity contribution in [3.05, 3.63) is 35.4 Å². The van der Waals surface area contributed by atoms with Gasteiger partial charge in [-0.05, 0) is 42.1 Å². The van der Waals surface area contributed by atoms with Crippen LogP contribution in [0.5, 0.6) is 0 Å². The Bertz CT molecular complexity index is 532. The van der Waals surface area contributed by atoms with Crippen LogP contribution >= 0.6 is 11.8 Å². The van der Waals surface area contributed by atoms with E-state index < -0.39 is 0 Å². The normalized spacial score (nSPS) is 18.9. The molecular formula is C18H28N2O2S. The van der Waals surface area contributed by atoms with Gasteiger partial charge in [0.1, 0.15) is 0 Å². The average molecular weight is 337 g/mol. The summed E-state index contributed by atoms with van der Waals surface area (Å²) in [6, 6.07) is 8.36. The molecule has 0 aromatic heterocycles. The van der Waals surface area contributed by atoms with Crippen LogP contribution in [-0.2, 0) is 6.42 Å². The van der Waals surface area contributed by atoms with Crippen LogP contribution in [0, 0.1) is 5.41 Å². The third-order valence-electron chi connectivity index (χ3n) is 4.12. The number of carbonyl (C=O) groups excluding carboxylic acids is 1. The Labute approximate surface area is 143 Å². The Morgan fingerprint density at radius 3 is 2.87 bits per heavy atom. The highest BCUT2D eigenvalue weighted by atomic mass is 32.2. The first-order chi connectivity index (χ1) is 10.9. The molecule has 1 heterocycles. The first-order valence-electron chi connectivity index (χ1n) is 8.26. The van der Waals surface area contributed by atoms with Crippen LogP contribution in [0.25, 0.3) is 0 Å². The smallest absolute Gasteiger partial charge is 0.314 e. The minimum Gasteiger partial charge on any atom is -0.393 e. The summed E-state index contributed by atoms with van der Waals surface area (Å²) in [5.74, 6) is 1.10. The van der Waals surface area contributed by atoms with E-state index in [9.17, 15) is 9.90 Å². The van der Waals surface area contributed by atoms with Gasteiger partial charge in [0, 0.05) is 18.3 Å². The second-order valence-corrected chi connectivity index (χ2v) is 8.40. The Hall–Kier alpha value is -1.20. The molecule has 1 aromatic rings. The molecule has 1 aliphatic rings. The first kappa shape index (κ1) is 18.1. The first-order valence-corrected chi connectivity index (χ1v) is 9.31. The van der Waals surface area contributed by atoms with Gasteiger partial charge in [-0.25, -0.2) is 4.79 Å². The number of amides is 2. The van der Waals surface area contributed by atoms with E-state index in [2.05, 4.69) is 34.9 Å². The molecule has 2 rings (SSSR count). The third kappa shape index (κ3) is 5.74. The molecule has 0 unspecified atom stereocenters. The Kier molecular flexibility index (Phi) is 6.36. The summed E-state index contributed by atoms with van der Waals surface area (Å²) < 4.78 is 0. The van der Waals surface area contributed by atoms with Gasteiger partial charge in [-0.3, -0.25) is 0 Å². The number of hydrogen-bond donors (Lipinski definition) is 3. The minimum atomic E-state index is -0.356. The van der Waals surface area contributed by atoms with Crippen molar-refractivity contribution in [2.24, 2.45) is 5.41 Å². The number of aliphatic hydroxyl groups excluding tert-OH is 1. The van der Waals surface area contributed by atoms with Crippen molar-refractivity contribution in [3.63, 3.8) is 0 Å². The molecule has 0 saturated heterocycles. The van der Waals surface area contributed by atoms with Crippen molar-refractivity contribution in [2.45, 2.75) is 45.0 Å². The molecule has 0 aliphatic carbocycles. The van der Waals surface area contributed by atoms with E-state index in [1.54, 1.807) is 6.92 Å². The van der Waals surface area contributed by atoms with Crippen LogP contribution in [-0.4, -0.2) is 36.1 Å². The SMILES string of the molecule is C[C@@H](O)CC(C)(C)CNC(=O)NC[C@H]1SCCc2ccccc21. The van der Waals surface area contributed by atoms with E-state index in [0.717, 1.165) is 12.2 Å². The quantitative estimate of drug-likeness (QED) is 0.748. The number of carbonyl (C=O) groups is 1. The minimum absolute atomic E-state index is 0.113. The van der Waals surface area contributed by atoms with Crippen LogP contribution < -0.4 is 10.6 Å². The van der Waals surface area contributed by atoms with Crippen LogP contribution in [0.3, 0.4) is 0 Å². The number of aryl methyl sites for hydroxylation is 1. The highest BCUT2D eigenvalue weighted by Crippen LogP contribution is 2.35. The van der Waals surface area contributed by atoms with Crippen molar-refractivity contribution in [1.82, 2.24) is 10.6 Å². The zero-order chi connectivity index (χ0) is 16.9. The van der Waals surface area contributed by atoms with Gasteiger partial charge in [-0.15, -0.1) is 0 Å². The average Bonchev–Trinajstić information content (AvgIpc) is 2.49. The van der Waals surface area contributed by atoms with Crippen molar-refractivity contribution in [2.75, 3.05) is 18.8 Å². The van der Waals surface area contributed by atoms with Crippen LogP contribution in [0.4, 0.5) is 4.79 Å². The molecule has 1 aromatic carbocycles. The maximum atomic E-state index is 12.0. The fourth-order valence-electron chi connectivity index (χ4n) is 3.09. The van der Waals surface area contributed by atoms with Gasteiger partial charge in [0.05, 0.1) is 6.10 Å². The van der Waals surface area contributed by atoms with Gasteiger partial charge in [0.15, 0.2) is 0 Å². The molecule has 5 heteroatoms. The van der Waals surface area contributed by atoms with Gasteiger partial charge >= 0.3 is 6.03 Å². The molecule has 1 aliphatic heterocycles. The monoisotopic (exact) mass is 336 g/mol. The highest BCUT2D eigenvalue weighted by molar-refractivity contribution is 7.99. The summed E-state index contributed by atoms with van der Waals surface area (Å²) >= 11 is 1.90. The largest absolute Gasteiger partial charge is 0.393 e. The second kappa shape index (κ2) is 8.06. The fourth-order valence-corrected chi connectivity index (χ4v) is 4.32. The standard InChI is InChI=1S/C18H28N2O2S/c1-13(21)10-18(2,3)12-20-17(22)19-11-16-15-7-5-4-6-14(15)8-9-23-16/h4-7,13,16,21H,8-12H2,1-3H3,(H2,19,20,22)/t13-,16-/m1/s1. The van der Waals surface area contributed by atoms with Gasteiger partial charge in [-0.2, -0.15) is 11.8 Å². The molecule has 0 spiro atoms. The number of aliphatic hydroxyl groups is 1. The lowest BCUT2D eigenvalue weighted by Gasteiger charge is -2.27. The van der Waals surface area contributed by atoms with E-state index >= 15 is 0 Å². The van der Waals surface area contributed by atoms with Crippen LogP contribution in [0.1, 0.15) is 43.6 Å². The summed E-state index contributed by atoms with van der Waals surface area (Å²) in [5.41, 5.74) is 2.63. The van der Waals surface area contributed by atoms with Crippen molar-refractivity contribution < 1.29 is 9.90 Å². The predicted octanol–water partition coefficient (Wildman–Crippen LogP) is 3.11. The zero-order valence-electron chi connectivity index (χ0n) is 14.3. The van der Waals surface area contributed by atoms with Crippen LogP contribution in [0.15, 0.2) is 24.3 Å². The number of nitrogens with one attached hydrogen (secondary N) is 2. The molecule has 0 fully saturated rings. The van der Waals surface area contributed by atoms with E-state index in [-0.39, 0.29) is 17.6 Å². The number of thioether (sulfide) groups is 1. The number of urea groups is 1. The van der Waals surface area contributed by atoms with E-state index in [1.807, 2.05) is 25.6 Å². The zero-order valence-corrected chi connectivity index (χ0v) is 15.1. The van der Waals surface area contributed by atoms with Crippen molar-refractivity contribution in [3.8, 4) is 0 Å². The number of fused-ring (bicyclic) bond motifs is 1. The molecular weight excluding hydrogens is 308 g/mol. The fraction of sp³-hybridized carbons (Fsp3) is 0.611.